The molecule has 2 amide bonds. The van der Waals surface area contributed by atoms with Crippen LogP contribution in [0.5, 0.6) is 0 Å². The van der Waals surface area contributed by atoms with E-state index in [2.05, 4.69) is 10.6 Å². The smallest absolute Gasteiger partial charge is 0.228 e. The maximum Gasteiger partial charge on any atom is 0.228 e. The molecule has 2 atom stereocenters. The van der Waals surface area contributed by atoms with Gasteiger partial charge >= 0.3 is 0 Å². The fourth-order valence-corrected chi connectivity index (χ4v) is 3.14. The summed E-state index contributed by atoms with van der Waals surface area (Å²) in [5.41, 5.74) is 3.86. The highest BCUT2D eigenvalue weighted by Crippen LogP contribution is 2.39. The van der Waals surface area contributed by atoms with Crippen molar-refractivity contribution in [2.45, 2.75) is 26.8 Å². The van der Waals surface area contributed by atoms with E-state index in [0.717, 1.165) is 22.4 Å². The Bertz CT molecular complexity index is 819. The van der Waals surface area contributed by atoms with Gasteiger partial charge in [0.25, 0.3) is 0 Å². The number of anilines is 1. The lowest BCUT2D eigenvalue weighted by molar-refractivity contribution is -0.125. The zero-order valence-corrected chi connectivity index (χ0v) is 15.1. The fourth-order valence-electron chi connectivity index (χ4n) is 2.91. The van der Waals surface area contributed by atoms with Crippen LogP contribution in [0.4, 0.5) is 5.69 Å². The predicted molar refractivity (Wildman–Crippen MR) is 99.4 cm³/mol. The summed E-state index contributed by atoms with van der Waals surface area (Å²) in [6.45, 7) is 4.40. The van der Waals surface area contributed by atoms with Gasteiger partial charge < -0.3 is 10.6 Å². The van der Waals surface area contributed by atoms with Gasteiger partial charge in [0.05, 0.1) is 11.8 Å². The summed E-state index contributed by atoms with van der Waals surface area (Å²) in [5.74, 6) is -0.666. The molecule has 4 nitrogen and oxygen atoms in total. The molecule has 2 unspecified atom stereocenters. The van der Waals surface area contributed by atoms with E-state index < -0.39 is 0 Å². The second-order valence-electron chi connectivity index (χ2n) is 6.60. The molecular weight excluding hydrogens is 336 g/mol. The van der Waals surface area contributed by atoms with Crippen molar-refractivity contribution in [3.05, 3.63) is 64.2 Å². The number of halogens is 1. The summed E-state index contributed by atoms with van der Waals surface area (Å²) in [7, 11) is 0. The van der Waals surface area contributed by atoms with Crippen molar-refractivity contribution in [2.75, 3.05) is 5.32 Å². The average molecular weight is 357 g/mol. The second-order valence-corrected chi connectivity index (χ2v) is 7.04. The van der Waals surface area contributed by atoms with Gasteiger partial charge in [0.1, 0.15) is 0 Å². The van der Waals surface area contributed by atoms with Crippen LogP contribution < -0.4 is 10.6 Å². The van der Waals surface area contributed by atoms with E-state index in [1.165, 1.54) is 0 Å². The number of hydrogen-bond donors (Lipinski definition) is 2. The first-order valence-corrected chi connectivity index (χ1v) is 8.72. The fraction of sp³-hybridized carbons (Fsp3) is 0.300. The van der Waals surface area contributed by atoms with Crippen molar-refractivity contribution in [2.24, 2.45) is 11.8 Å². The van der Waals surface area contributed by atoms with E-state index in [1.807, 2.05) is 38.1 Å². The minimum atomic E-state index is -0.257. The molecule has 2 N–H and O–H groups in total. The summed E-state index contributed by atoms with van der Waals surface area (Å²) in [6.07, 6.45) is 0.595. The van der Waals surface area contributed by atoms with Crippen molar-refractivity contribution in [1.82, 2.24) is 5.32 Å². The van der Waals surface area contributed by atoms with Crippen LogP contribution in [0.25, 0.3) is 0 Å². The van der Waals surface area contributed by atoms with Crippen LogP contribution in [0.1, 0.15) is 23.1 Å². The molecule has 5 heteroatoms. The molecule has 2 aromatic carbocycles. The molecule has 0 aliphatic heterocycles. The van der Waals surface area contributed by atoms with Gasteiger partial charge in [-0.15, -0.1) is 0 Å². The van der Waals surface area contributed by atoms with E-state index in [4.69, 9.17) is 11.6 Å². The molecule has 1 saturated carbocycles. The second kappa shape index (κ2) is 7.28. The number of hydrogen-bond acceptors (Lipinski definition) is 2. The lowest BCUT2D eigenvalue weighted by Crippen LogP contribution is -2.27. The van der Waals surface area contributed by atoms with Crippen LogP contribution in [0, 0.1) is 25.7 Å². The van der Waals surface area contributed by atoms with E-state index in [-0.39, 0.29) is 23.7 Å². The molecule has 0 bridgehead atoms. The van der Waals surface area contributed by atoms with Crippen molar-refractivity contribution in [3.63, 3.8) is 0 Å². The van der Waals surface area contributed by atoms with Crippen LogP contribution in [0.15, 0.2) is 42.5 Å². The van der Waals surface area contributed by atoms with Crippen molar-refractivity contribution in [1.29, 1.82) is 0 Å². The lowest BCUT2D eigenvalue weighted by Gasteiger charge is -2.09. The molecule has 0 heterocycles. The third-order valence-electron chi connectivity index (χ3n) is 4.46. The van der Waals surface area contributed by atoms with Crippen LogP contribution >= 0.6 is 11.6 Å². The first kappa shape index (κ1) is 17.5. The zero-order valence-electron chi connectivity index (χ0n) is 14.3. The van der Waals surface area contributed by atoms with Crippen LogP contribution in [-0.2, 0) is 16.1 Å². The molecule has 0 radical (unpaired) electrons. The SMILES string of the molecule is Cc1cccc(CNC(=O)C2CC2C(=O)Nc2ccc(Cl)cc2C)c1. The Hall–Kier alpha value is -2.33. The maximum atomic E-state index is 12.3. The average Bonchev–Trinajstić information content (AvgIpc) is 3.36. The Morgan fingerprint density at radius 2 is 1.84 bits per heavy atom. The van der Waals surface area contributed by atoms with Gasteiger partial charge in [-0.05, 0) is 49.6 Å². The molecule has 0 aromatic heterocycles. The van der Waals surface area contributed by atoms with E-state index in [1.54, 1.807) is 18.2 Å². The van der Waals surface area contributed by atoms with Gasteiger partial charge in [-0.25, -0.2) is 0 Å². The Morgan fingerprint density at radius 1 is 1.08 bits per heavy atom. The van der Waals surface area contributed by atoms with Gasteiger partial charge in [0, 0.05) is 17.3 Å². The first-order valence-electron chi connectivity index (χ1n) is 8.34. The maximum absolute atomic E-state index is 12.3. The predicted octanol–water partition coefficient (Wildman–Crippen LogP) is 3.85. The summed E-state index contributed by atoms with van der Waals surface area (Å²) >= 11 is 5.92. The summed E-state index contributed by atoms with van der Waals surface area (Å²) in [6, 6.07) is 13.3. The highest BCUT2D eigenvalue weighted by Gasteiger charge is 2.47. The van der Waals surface area contributed by atoms with Crippen molar-refractivity contribution < 1.29 is 9.59 Å². The largest absolute Gasteiger partial charge is 0.352 e. The zero-order chi connectivity index (χ0) is 18.0. The molecular formula is C20H21ClN2O2. The standard InChI is InChI=1S/C20H21ClN2O2/c1-12-4-3-5-14(8-12)11-22-19(24)16-10-17(16)20(25)23-18-7-6-15(21)9-13(18)2/h3-9,16-17H,10-11H2,1-2H3,(H,22,24)(H,23,25). The number of benzene rings is 2. The minimum Gasteiger partial charge on any atom is -0.352 e. The molecule has 0 saturated heterocycles. The van der Waals surface area contributed by atoms with Gasteiger partial charge in [-0.2, -0.15) is 0 Å². The monoisotopic (exact) mass is 356 g/mol. The van der Waals surface area contributed by atoms with Crippen molar-refractivity contribution >= 4 is 29.1 Å². The van der Waals surface area contributed by atoms with Crippen molar-refractivity contribution in [3.8, 4) is 0 Å². The number of carbonyl (C=O) groups is 2. The van der Waals surface area contributed by atoms with Crippen LogP contribution in [0.2, 0.25) is 5.02 Å². The minimum absolute atomic E-state index is 0.0607. The van der Waals surface area contributed by atoms with E-state index >= 15 is 0 Å². The normalized spacial score (nSPS) is 18.5. The van der Waals surface area contributed by atoms with Gasteiger partial charge in [0.2, 0.25) is 11.8 Å². The summed E-state index contributed by atoms with van der Waals surface area (Å²) < 4.78 is 0. The Morgan fingerprint density at radius 3 is 2.56 bits per heavy atom. The third-order valence-corrected chi connectivity index (χ3v) is 4.69. The third kappa shape index (κ3) is 4.40. The summed E-state index contributed by atoms with van der Waals surface area (Å²) in [4.78, 5) is 24.6. The Labute approximate surface area is 152 Å². The molecule has 0 spiro atoms. The Balaban J connectivity index is 1.51. The summed E-state index contributed by atoms with van der Waals surface area (Å²) in [5, 5.41) is 6.44. The number of aryl methyl sites for hydroxylation is 2. The number of amides is 2. The molecule has 2 aromatic rings. The van der Waals surface area contributed by atoms with E-state index in [0.29, 0.717) is 18.0 Å². The molecule has 1 aliphatic rings. The number of nitrogens with one attached hydrogen (secondary N) is 2. The molecule has 25 heavy (non-hydrogen) atoms. The van der Waals surface area contributed by atoms with Gasteiger partial charge in [-0.1, -0.05) is 41.4 Å². The Kier molecular flexibility index (Phi) is 5.09. The molecule has 130 valence electrons. The molecule has 1 aliphatic carbocycles. The van der Waals surface area contributed by atoms with E-state index in [9.17, 15) is 9.59 Å². The highest BCUT2D eigenvalue weighted by atomic mass is 35.5. The quantitative estimate of drug-likeness (QED) is 0.854. The highest BCUT2D eigenvalue weighted by molar-refractivity contribution is 6.30. The van der Waals surface area contributed by atoms with Crippen LogP contribution in [0.3, 0.4) is 0 Å². The first-order chi connectivity index (χ1) is 11.9. The number of rotatable bonds is 5. The van der Waals surface area contributed by atoms with Crippen LogP contribution in [-0.4, -0.2) is 11.8 Å². The lowest BCUT2D eigenvalue weighted by atomic mass is 10.1. The van der Waals surface area contributed by atoms with Gasteiger partial charge in [-0.3, -0.25) is 9.59 Å². The molecule has 3 rings (SSSR count). The van der Waals surface area contributed by atoms with Gasteiger partial charge in [0.15, 0.2) is 0 Å². The molecule has 1 fully saturated rings. The number of carbonyl (C=O) groups excluding carboxylic acids is 2. The topological polar surface area (TPSA) is 58.2 Å².